The molecule has 0 aromatic rings. The summed E-state index contributed by atoms with van der Waals surface area (Å²) in [5, 5.41) is 9.36. The van der Waals surface area contributed by atoms with Crippen LogP contribution in [-0.2, 0) is 9.09 Å². The Morgan fingerprint density at radius 1 is 1.16 bits per heavy atom. The second kappa shape index (κ2) is 8.04. The van der Waals surface area contributed by atoms with Gasteiger partial charge in [0.1, 0.15) is 0 Å². The highest BCUT2D eigenvalue weighted by molar-refractivity contribution is 7.61. The second-order valence-corrected chi connectivity index (χ2v) is 7.90. The van der Waals surface area contributed by atoms with Crippen LogP contribution < -0.4 is 0 Å². The van der Waals surface area contributed by atoms with Crippen molar-refractivity contribution in [1.29, 1.82) is 5.26 Å². The van der Waals surface area contributed by atoms with Crippen molar-refractivity contribution in [3.63, 3.8) is 0 Å². The molecule has 0 spiro atoms. The van der Waals surface area contributed by atoms with Crippen LogP contribution in [0.5, 0.6) is 0 Å². The maximum atomic E-state index is 12.9. The molecule has 0 radical (unpaired) electrons. The fourth-order valence-electron chi connectivity index (χ4n) is 2.24. The quantitative estimate of drug-likeness (QED) is 0.618. The summed E-state index contributed by atoms with van der Waals surface area (Å²) in [5.41, 5.74) is 0. The summed E-state index contributed by atoms with van der Waals surface area (Å²) in [4.78, 5) is 0. The second-order valence-electron chi connectivity index (χ2n) is 5.94. The van der Waals surface area contributed by atoms with Crippen LogP contribution in [0.1, 0.15) is 54.9 Å². The Hall–Kier alpha value is -0.360. The molecule has 1 unspecified atom stereocenters. The number of hydrogen-bond acceptors (Lipinski definition) is 3. The van der Waals surface area contributed by atoms with Crippen molar-refractivity contribution in [2.45, 2.75) is 67.0 Å². The van der Waals surface area contributed by atoms with Gasteiger partial charge in [0.25, 0.3) is 0 Å². The van der Waals surface area contributed by atoms with E-state index < -0.39 is 7.52 Å². The van der Waals surface area contributed by atoms with Gasteiger partial charge in [-0.1, -0.05) is 34.6 Å². The molecule has 1 atom stereocenters. The highest BCUT2D eigenvalue weighted by atomic mass is 31.2. The Morgan fingerprint density at radius 2 is 1.63 bits per heavy atom. The van der Waals surface area contributed by atoms with Crippen LogP contribution in [0.3, 0.4) is 0 Å². The van der Waals surface area contributed by atoms with E-state index >= 15 is 0 Å². The zero-order valence-electron chi connectivity index (χ0n) is 13.4. The van der Waals surface area contributed by atoms with E-state index in [0.29, 0.717) is 6.54 Å². The zero-order valence-corrected chi connectivity index (χ0v) is 14.3. The Morgan fingerprint density at radius 3 is 1.89 bits per heavy atom. The van der Waals surface area contributed by atoms with Gasteiger partial charge in [0.05, 0.1) is 6.10 Å². The summed E-state index contributed by atoms with van der Waals surface area (Å²) in [5.74, 6) is 2.41. The monoisotopic (exact) mass is 288 g/mol. The fourth-order valence-corrected chi connectivity index (χ4v) is 4.41. The number of nitrogens with zero attached hydrogens (tertiary/aromatic N) is 2. The molecule has 0 aromatic carbocycles. The van der Waals surface area contributed by atoms with Crippen LogP contribution in [0, 0.1) is 22.9 Å². The van der Waals surface area contributed by atoms with Crippen LogP contribution in [0.2, 0.25) is 0 Å². The van der Waals surface area contributed by atoms with Gasteiger partial charge in [0.2, 0.25) is 0 Å². The first-order valence-electron chi connectivity index (χ1n) is 7.16. The lowest BCUT2D eigenvalue weighted by Gasteiger charge is -2.34. The largest absolute Gasteiger partial charge is 0.371 e. The summed E-state index contributed by atoms with van der Waals surface area (Å²) in [6.07, 6.45) is 0.685. The van der Waals surface area contributed by atoms with Gasteiger partial charge in [-0.15, -0.1) is 0 Å². The zero-order chi connectivity index (χ0) is 15.2. The lowest BCUT2D eigenvalue weighted by atomic mass is 9.97. The van der Waals surface area contributed by atoms with Crippen molar-refractivity contribution in [3.05, 3.63) is 0 Å². The molecule has 0 rings (SSSR count). The van der Waals surface area contributed by atoms with Gasteiger partial charge in [-0.25, -0.2) is 4.67 Å². The molecule has 0 amide bonds. The molecule has 0 aliphatic rings. The number of nitriles is 1. The van der Waals surface area contributed by atoms with E-state index in [1.54, 1.807) is 4.67 Å². The van der Waals surface area contributed by atoms with Crippen molar-refractivity contribution in [3.8, 4) is 5.81 Å². The fraction of sp³-hybridized carbons (Fsp3) is 0.929. The minimum atomic E-state index is -3.41. The molecule has 5 heteroatoms. The molecule has 19 heavy (non-hydrogen) atoms. The minimum Gasteiger partial charge on any atom is -0.303 e. The summed E-state index contributed by atoms with van der Waals surface area (Å²) >= 11 is 0. The average molecular weight is 288 g/mol. The first kappa shape index (κ1) is 18.6. The molecule has 112 valence electrons. The molecular weight excluding hydrogens is 259 g/mol. The van der Waals surface area contributed by atoms with E-state index in [9.17, 15) is 9.83 Å². The molecule has 0 aliphatic heterocycles. The Bertz CT molecular complexity index is 340. The maximum absolute atomic E-state index is 12.9. The van der Waals surface area contributed by atoms with Gasteiger partial charge in [0.15, 0.2) is 5.81 Å². The van der Waals surface area contributed by atoms with Gasteiger partial charge in [-0.2, -0.15) is 5.26 Å². The standard InChI is InChI=1S/C14H29N2O2P/c1-8-9-16(13(6)7)19(17,10-15)18-14(11(2)3)12(4)5/h11-14H,8-9H2,1-7H3. The van der Waals surface area contributed by atoms with Gasteiger partial charge < -0.3 is 4.52 Å². The summed E-state index contributed by atoms with van der Waals surface area (Å²) in [6.45, 7) is 14.7. The van der Waals surface area contributed by atoms with Crippen molar-refractivity contribution in [2.24, 2.45) is 11.8 Å². The van der Waals surface area contributed by atoms with E-state index in [0.717, 1.165) is 6.42 Å². The van der Waals surface area contributed by atoms with Crippen molar-refractivity contribution in [2.75, 3.05) is 6.54 Å². The van der Waals surface area contributed by atoms with Crippen molar-refractivity contribution in [1.82, 2.24) is 4.67 Å². The van der Waals surface area contributed by atoms with E-state index in [1.807, 2.05) is 54.3 Å². The molecule has 0 aromatic heterocycles. The topological polar surface area (TPSA) is 53.3 Å². The number of hydrogen-bond donors (Lipinski definition) is 0. The summed E-state index contributed by atoms with van der Waals surface area (Å²) < 4.78 is 20.4. The first-order chi connectivity index (χ1) is 8.69. The molecular formula is C14H29N2O2P. The van der Waals surface area contributed by atoms with Crippen molar-refractivity contribution < 1.29 is 9.09 Å². The summed E-state index contributed by atoms with van der Waals surface area (Å²) in [7, 11) is -3.41. The van der Waals surface area contributed by atoms with Crippen LogP contribution in [0.4, 0.5) is 0 Å². The van der Waals surface area contributed by atoms with Gasteiger partial charge >= 0.3 is 7.52 Å². The third-order valence-corrected chi connectivity index (χ3v) is 5.21. The molecule has 0 saturated carbocycles. The Balaban J connectivity index is 5.25. The smallest absolute Gasteiger partial charge is 0.303 e. The maximum Gasteiger partial charge on any atom is 0.371 e. The van der Waals surface area contributed by atoms with E-state index in [-0.39, 0.29) is 24.0 Å². The predicted molar refractivity (Wildman–Crippen MR) is 79.9 cm³/mol. The van der Waals surface area contributed by atoms with Crippen LogP contribution in [0.25, 0.3) is 0 Å². The molecule has 0 bridgehead atoms. The van der Waals surface area contributed by atoms with Gasteiger partial charge in [-0.3, -0.25) is 4.57 Å². The lowest BCUT2D eigenvalue weighted by Crippen LogP contribution is -2.33. The Labute approximate surface area is 118 Å². The molecule has 4 nitrogen and oxygen atoms in total. The third-order valence-electron chi connectivity index (χ3n) is 3.09. The SMILES string of the molecule is CCCN(C(C)C)P(=O)(C#N)OC(C(C)C)C(C)C. The minimum absolute atomic E-state index is 0.0328. The van der Waals surface area contributed by atoms with Crippen molar-refractivity contribution >= 4 is 7.52 Å². The molecule has 0 heterocycles. The highest BCUT2D eigenvalue weighted by Gasteiger charge is 2.37. The normalized spacial score (nSPS) is 15.5. The van der Waals surface area contributed by atoms with Crippen LogP contribution in [-0.4, -0.2) is 23.4 Å². The molecule has 0 aliphatic carbocycles. The molecule has 0 N–H and O–H groups in total. The van der Waals surface area contributed by atoms with Crippen LogP contribution >= 0.6 is 7.52 Å². The predicted octanol–water partition coefficient (Wildman–Crippen LogP) is 4.48. The molecule has 0 saturated heterocycles. The Kier molecular flexibility index (Phi) is 7.89. The van der Waals surface area contributed by atoms with Gasteiger partial charge in [-0.05, 0) is 32.1 Å². The molecule has 0 fully saturated rings. The average Bonchev–Trinajstić information content (AvgIpc) is 2.31. The lowest BCUT2D eigenvalue weighted by molar-refractivity contribution is 0.0941. The third kappa shape index (κ3) is 5.26. The van der Waals surface area contributed by atoms with Gasteiger partial charge in [0, 0.05) is 12.6 Å². The van der Waals surface area contributed by atoms with E-state index in [4.69, 9.17) is 4.52 Å². The highest BCUT2D eigenvalue weighted by Crippen LogP contribution is 2.53. The van der Waals surface area contributed by atoms with E-state index in [2.05, 4.69) is 0 Å². The first-order valence-corrected chi connectivity index (χ1v) is 8.74. The number of rotatable bonds is 8. The summed E-state index contributed by atoms with van der Waals surface area (Å²) in [6, 6.07) is 0.0328. The van der Waals surface area contributed by atoms with E-state index in [1.165, 1.54) is 0 Å². The van der Waals surface area contributed by atoms with Crippen LogP contribution in [0.15, 0.2) is 0 Å².